The number of benzene rings is 1. The van der Waals surface area contributed by atoms with E-state index in [4.69, 9.17) is 10.5 Å². The lowest BCUT2D eigenvalue weighted by molar-refractivity contribution is -0.121. The predicted octanol–water partition coefficient (Wildman–Crippen LogP) is 1.72. The number of hydrogen-bond acceptors (Lipinski definition) is 4. The molecule has 1 fully saturated rings. The lowest BCUT2D eigenvalue weighted by Crippen LogP contribution is -2.37. The van der Waals surface area contributed by atoms with Gasteiger partial charge in [-0.05, 0) is 24.6 Å². The van der Waals surface area contributed by atoms with Crippen LogP contribution in [-0.2, 0) is 16.1 Å². The van der Waals surface area contributed by atoms with E-state index < -0.39 is 0 Å². The van der Waals surface area contributed by atoms with Crippen LogP contribution in [0.2, 0.25) is 0 Å². The SMILES string of the molecule is Cl.Cl.NCCCC(=O)NCc1ccccc1N1CCOCC1. The minimum absolute atomic E-state index is 0. The van der Waals surface area contributed by atoms with Crippen molar-refractivity contribution in [2.45, 2.75) is 19.4 Å². The molecular formula is C15H25Cl2N3O2. The maximum absolute atomic E-state index is 11.7. The third-order valence-electron chi connectivity index (χ3n) is 3.43. The quantitative estimate of drug-likeness (QED) is 0.820. The first-order chi connectivity index (χ1) is 9.81. The van der Waals surface area contributed by atoms with Crippen LogP contribution < -0.4 is 16.0 Å². The third kappa shape index (κ3) is 6.40. The Bertz CT molecular complexity index is 441. The summed E-state index contributed by atoms with van der Waals surface area (Å²) in [5.74, 6) is 0.0623. The first kappa shape index (κ1) is 21.0. The van der Waals surface area contributed by atoms with Gasteiger partial charge in [0.2, 0.25) is 5.91 Å². The molecule has 0 unspecified atom stereocenters. The van der Waals surface area contributed by atoms with E-state index >= 15 is 0 Å². The summed E-state index contributed by atoms with van der Waals surface area (Å²) in [6, 6.07) is 8.20. The molecule has 7 heteroatoms. The Kier molecular flexibility index (Phi) is 11.0. The number of nitrogens with zero attached hydrogens (tertiary/aromatic N) is 1. The zero-order valence-corrected chi connectivity index (χ0v) is 14.3. The van der Waals surface area contributed by atoms with Crippen molar-refractivity contribution in [1.82, 2.24) is 5.32 Å². The van der Waals surface area contributed by atoms with Gasteiger partial charge in [-0.3, -0.25) is 4.79 Å². The Hall–Kier alpha value is -1.01. The van der Waals surface area contributed by atoms with Crippen molar-refractivity contribution in [1.29, 1.82) is 0 Å². The fourth-order valence-electron chi connectivity index (χ4n) is 2.32. The number of nitrogens with two attached hydrogens (primary N) is 1. The van der Waals surface area contributed by atoms with E-state index in [1.807, 2.05) is 12.1 Å². The van der Waals surface area contributed by atoms with Crippen LogP contribution in [0.4, 0.5) is 5.69 Å². The Morgan fingerprint density at radius 1 is 1.23 bits per heavy atom. The molecule has 1 aromatic rings. The van der Waals surface area contributed by atoms with E-state index in [2.05, 4.69) is 22.3 Å². The summed E-state index contributed by atoms with van der Waals surface area (Å²) in [5, 5.41) is 2.96. The highest BCUT2D eigenvalue weighted by Crippen LogP contribution is 2.21. The van der Waals surface area contributed by atoms with Crippen molar-refractivity contribution in [3.8, 4) is 0 Å². The fraction of sp³-hybridized carbons (Fsp3) is 0.533. The summed E-state index contributed by atoms with van der Waals surface area (Å²) < 4.78 is 5.38. The zero-order chi connectivity index (χ0) is 14.2. The summed E-state index contributed by atoms with van der Waals surface area (Å²) in [5.41, 5.74) is 7.75. The van der Waals surface area contributed by atoms with Gasteiger partial charge in [0.05, 0.1) is 13.2 Å². The highest BCUT2D eigenvalue weighted by molar-refractivity contribution is 5.85. The maximum atomic E-state index is 11.7. The largest absolute Gasteiger partial charge is 0.378 e. The van der Waals surface area contributed by atoms with E-state index in [0.717, 1.165) is 38.3 Å². The molecule has 22 heavy (non-hydrogen) atoms. The van der Waals surface area contributed by atoms with Crippen LogP contribution in [0.3, 0.4) is 0 Å². The van der Waals surface area contributed by atoms with Gasteiger partial charge < -0.3 is 20.7 Å². The van der Waals surface area contributed by atoms with Crippen molar-refractivity contribution < 1.29 is 9.53 Å². The molecule has 0 bridgehead atoms. The second kappa shape index (κ2) is 11.5. The lowest BCUT2D eigenvalue weighted by Gasteiger charge is -2.30. The van der Waals surface area contributed by atoms with Crippen molar-refractivity contribution in [2.75, 3.05) is 37.7 Å². The number of carbonyl (C=O) groups excluding carboxylic acids is 1. The smallest absolute Gasteiger partial charge is 0.220 e. The van der Waals surface area contributed by atoms with Gasteiger partial charge in [0, 0.05) is 31.7 Å². The highest BCUT2D eigenvalue weighted by Gasteiger charge is 2.14. The molecule has 5 nitrogen and oxygen atoms in total. The second-order valence-corrected chi connectivity index (χ2v) is 4.90. The highest BCUT2D eigenvalue weighted by atomic mass is 35.5. The van der Waals surface area contributed by atoms with Gasteiger partial charge >= 0.3 is 0 Å². The number of amides is 1. The van der Waals surface area contributed by atoms with Crippen molar-refractivity contribution in [3.05, 3.63) is 29.8 Å². The fourth-order valence-corrected chi connectivity index (χ4v) is 2.32. The maximum Gasteiger partial charge on any atom is 0.220 e. The molecule has 0 aliphatic carbocycles. The summed E-state index contributed by atoms with van der Waals surface area (Å²) in [7, 11) is 0. The van der Waals surface area contributed by atoms with Gasteiger partial charge in [-0.1, -0.05) is 18.2 Å². The average molecular weight is 350 g/mol. The van der Waals surface area contributed by atoms with Crippen molar-refractivity contribution in [2.24, 2.45) is 5.73 Å². The van der Waals surface area contributed by atoms with Gasteiger partial charge in [-0.2, -0.15) is 0 Å². The average Bonchev–Trinajstić information content (AvgIpc) is 2.52. The Morgan fingerprint density at radius 2 is 1.91 bits per heavy atom. The number of hydrogen-bond donors (Lipinski definition) is 2. The molecule has 1 aliphatic rings. The Labute approximate surface area is 144 Å². The van der Waals surface area contributed by atoms with E-state index in [9.17, 15) is 4.79 Å². The summed E-state index contributed by atoms with van der Waals surface area (Å²) in [6.45, 7) is 4.44. The lowest BCUT2D eigenvalue weighted by atomic mass is 10.1. The molecule has 0 spiro atoms. The molecule has 0 atom stereocenters. The van der Waals surface area contributed by atoms with E-state index in [-0.39, 0.29) is 30.7 Å². The predicted molar refractivity (Wildman–Crippen MR) is 94.1 cm³/mol. The van der Waals surface area contributed by atoms with Gasteiger partial charge in [0.1, 0.15) is 0 Å². The van der Waals surface area contributed by atoms with Crippen LogP contribution in [0.15, 0.2) is 24.3 Å². The number of morpholine rings is 1. The van der Waals surface area contributed by atoms with Crippen molar-refractivity contribution >= 4 is 36.4 Å². The topological polar surface area (TPSA) is 67.6 Å². The summed E-state index contributed by atoms with van der Waals surface area (Å²) >= 11 is 0. The van der Waals surface area contributed by atoms with Crippen LogP contribution in [-0.4, -0.2) is 38.8 Å². The van der Waals surface area contributed by atoms with E-state index in [1.165, 1.54) is 5.69 Å². The molecule has 1 aromatic carbocycles. The summed E-state index contributed by atoms with van der Waals surface area (Å²) in [4.78, 5) is 14.0. The van der Waals surface area contributed by atoms with Crippen LogP contribution in [0.1, 0.15) is 18.4 Å². The van der Waals surface area contributed by atoms with E-state index in [0.29, 0.717) is 19.5 Å². The normalized spacial score (nSPS) is 13.8. The number of carbonyl (C=O) groups is 1. The standard InChI is InChI=1S/C15H23N3O2.2ClH/c16-7-3-6-15(19)17-12-13-4-1-2-5-14(13)18-8-10-20-11-9-18;;/h1-2,4-5H,3,6-12,16H2,(H,17,19);2*1H. The van der Waals surface area contributed by atoms with Crippen LogP contribution in [0, 0.1) is 0 Å². The van der Waals surface area contributed by atoms with Gasteiger partial charge in [0.25, 0.3) is 0 Å². The monoisotopic (exact) mass is 349 g/mol. The van der Waals surface area contributed by atoms with Gasteiger partial charge in [-0.15, -0.1) is 24.8 Å². The second-order valence-electron chi connectivity index (χ2n) is 4.90. The molecule has 1 amide bonds. The van der Waals surface area contributed by atoms with Gasteiger partial charge in [-0.25, -0.2) is 0 Å². The number of para-hydroxylation sites is 1. The third-order valence-corrected chi connectivity index (χ3v) is 3.43. The number of ether oxygens (including phenoxy) is 1. The van der Waals surface area contributed by atoms with Crippen LogP contribution >= 0.6 is 24.8 Å². The number of nitrogens with one attached hydrogen (secondary N) is 1. The molecule has 0 aromatic heterocycles. The molecule has 1 saturated heterocycles. The number of halogens is 2. The van der Waals surface area contributed by atoms with Crippen molar-refractivity contribution in [3.63, 3.8) is 0 Å². The minimum Gasteiger partial charge on any atom is -0.378 e. The van der Waals surface area contributed by atoms with Crippen LogP contribution in [0.25, 0.3) is 0 Å². The first-order valence-electron chi connectivity index (χ1n) is 7.18. The molecule has 0 radical (unpaired) electrons. The first-order valence-corrected chi connectivity index (χ1v) is 7.18. The number of anilines is 1. The van der Waals surface area contributed by atoms with Crippen LogP contribution in [0.5, 0.6) is 0 Å². The zero-order valence-electron chi connectivity index (χ0n) is 12.6. The van der Waals surface area contributed by atoms with E-state index in [1.54, 1.807) is 0 Å². The molecule has 0 saturated carbocycles. The number of rotatable bonds is 6. The molecule has 1 heterocycles. The minimum atomic E-state index is 0. The van der Waals surface area contributed by atoms with Gasteiger partial charge in [0.15, 0.2) is 0 Å². The summed E-state index contributed by atoms with van der Waals surface area (Å²) in [6.07, 6.45) is 1.23. The molecule has 126 valence electrons. The Balaban J connectivity index is 0.00000220. The molecular weight excluding hydrogens is 325 g/mol. The Morgan fingerprint density at radius 3 is 2.59 bits per heavy atom. The molecule has 3 N–H and O–H groups in total. The molecule has 1 aliphatic heterocycles. The molecule has 2 rings (SSSR count).